The minimum absolute atomic E-state index is 0. The number of aromatic nitrogens is 1. The zero-order chi connectivity index (χ0) is 25.1. The first-order valence-electron chi connectivity index (χ1n) is 12.3. The molecule has 38 heavy (non-hydrogen) atoms. The Kier molecular flexibility index (Phi) is 6.04. The normalized spacial score (nSPS) is 16.9. The van der Waals surface area contributed by atoms with Gasteiger partial charge in [0.1, 0.15) is 29.3 Å². The number of aromatic hydroxyl groups is 1. The molecule has 1 aliphatic heterocycles. The Morgan fingerprint density at radius 3 is 2.37 bits per heavy atom. The fourth-order valence-electron chi connectivity index (χ4n) is 5.36. The topological polar surface area (TPSA) is 63.9 Å². The van der Waals surface area contributed by atoms with Crippen LogP contribution in [0.25, 0.3) is 22.0 Å². The molecule has 0 saturated heterocycles. The van der Waals surface area contributed by atoms with Gasteiger partial charge in [0.05, 0.1) is 0 Å². The summed E-state index contributed by atoms with van der Waals surface area (Å²) in [7, 11) is 0. The predicted molar refractivity (Wildman–Crippen MR) is 143 cm³/mol. The minimum atomic E-state index is -0.187. The van der Waals surface area contributed by atoms with E-state index < -0.39 is 0 Å². The van der Waals surface area contributed by atoms with Crippen molar-refractivity contribution in [1.82, 2.24) is 4.98 Å². The van der Waals surface area contributed by atoms with Crippen LogP contribution >= 0.6 is 0 Å². The van der Waals surface area contributed by atoms with Gasteiger partial charge in [0.25, 0.3) is 0 Å². The van der Waals surface area contributed by atoms with Crippen LogP contribution in [0.15, 0.2) is 89.9 Å². The van der Waals surface area contributed by atoms with E-state index in [-0.39, 0.29) is 39.0 Å². The summed E-state index contributed by atoms with van der Waals surface area (Å²) in [4.78, 5) is 9.55. The zero-order valence-electron chi connectivity index (χ0n) is 20.7. The molecule has 190 valence electrons. The van der Waals surface area contributed by atoms with Crippen molar-refractivity contribution in [1.29, 1.82) is 0 Å². The van der Waals surface area contributed by atoms with Crippen molar-refractivity contribution < 1.29 is 35.6 Å². The van der Waals surface area contributed by atoms with Gasteiger partial charge in [-0.05, 0) is 47.4 Å². The molecular weight excluding hydrogens is 655 g/mol. The molecule has 0 saturated carbocycles. The number of phenolic OH excluding ortho intramolecular Hbond substituents is 1. The van der Waals surface area contributed by atoms with Gasteiger partial charge in [-0.25, -0.2) is 4.98 Å². The number of rotatable bonds is 3. The number of hydrogen-bond donors (Lipinski definition) is 1. The van der Waals surface area contributed by atoms with Gasteiger partial charge >= 0.3 is 0 Å². The third-order valence-electron chi connectivity index (χ3n) is 6.94. The molecule has 4 aromatic carbocycles. The van der Waals surface area contributed by atoms with E-state index in [9.17, 15) is 5.11 Å². The van der Waals surface area contributed by atoms with Gasteiger partial charge in [-0.2, -0.15) is 0 Å². The number of fused-ring (bicyclic) bond motifs is 7. The maximum absolute atomic E-state index is 10.4. The summed E-state index contributed by atoms with van der Waals surface area (Å²) in [5.41, 5.74) is 7.90. The van der Waals surface area contributed by atoms with Crippen LogP contribution in [0.1, 0.15) is 40.0 Å². The standard InChI is InChI=1S/C32H23N2O3.Pt/c1-18-14-21(17-22(15-18)36-28-12-11-20-13-19(2)16-27(35)29(20)33-28)32-34-30-25-9-5-3-7-23(25)24-8-4-6-10-26(24)31(30)37-32;/h3-16,30-31,35H,1-2H3;/q-1;/t30-,31+;/m0./s1. The van der Waals surface area contributed by atoms with Gasteiger partial charge in [0, 0.05) is 43.8 Å². The molecule has 2 aliphatic rings. The summed E-state index contributed by atoms with van der Waals surface area (Å²) in [6.07, 6.45) is -0.187. The first-order valence-corrected chi connectivity index (χ1v) is 12.3. The molecule has 0 fully saturated rings. The molecule has 6 heteroatoms. The van der Waals surface area contributed by atoms with E-state index in [4.69, 9.17) is 14.5 Å². The van der Waals surface area contributed by atoms with E-state index in [1.165, 1.54) is 16.7 Å². The number of benzene rings is 4. The van der Waals surface area contributed by atoms with Gasteiger partial charge < -0.3 is 14.6 Å². The SMILES string of the molecule is Cc1cc(Oc2ccc3cc(C)cc(O)c3n2)[c-]c(C2=N[C@H]3c4ccccc4-c4ccccc4[C@H]3O2)c1.[Pt]. The Morgan fingerprint density at radius 1 is 0.842 bits per heavy atom. The molecule has 2 atom stereocenters. The maximum Gasteiger partial charge on any atom is 0.217 e. The van der Waals surface area contributed by atoms with Crippen LogP contribution in [-0.2, 0) is 25.8 Å². The summed E-state index contributed by atoms with van der Waals surface area (Å²) in [6, 6.07) is 31.3. The molecule has 0 unspecified atom stereocenters. The second-order valence-corrected chi connectivity index (χ2v) is 9.63. The Labute approximate surface area is 235 Å². The Balaban J connectivity index is 0.00000264. The Hall–Kier alpha value is -3.95. The fraction of sp³-hybridized carbons (Fsp3) is 0.125. The van der Waals surface area contributed by atoms with Crippen LogP contribution in [-0.4, -0.2) is 16.0 Å². The van der Waals surface area contributed by atoms with Crippen molar-refractivity contribution in [3.05, 3.63) is 119 Å². The molecule has 0 bridgehead atoms. The van der Waals surface area contributed by atoms with Crippen molar-refractivity contribution in [3.63, 3.8) is 0 Å². The zero-order valence-corrected chi connectivity index (χ0v) is 23.0. The second-order valence-electron chi connectivity index (χ2n) is 9.63. The Morgan fingerprint density at radius 2 is 1.55 bits per heavy atom. The number of pyridine rings is 1. The average Bonchev–Trinajstić information content (AvgIpc) is 3.35. The average molecular weight is 679 g/mol. The van der Waals surface area contributed by atoms with Crippen LogP contribution in [0.4, 0.5) is 0 Å². The van der Waals surface area contributed by atoms with E-state index in [0.29, 0.717) is 23.0 Å². The number of aliphatic imine (C=N–C) groups is 1. The summed E-state index contributed by atoms with van der Waals surface area (Å²) < 4.78 is 12.6. The molecule has 2 heterocycles. The number of hydrogen-bond acceptors (Lipinski definition) is 5. The summed E-state index contributed by atoms with van der Waals surface area (Å²) >= 11 is 0. The number of phenols is 1. The van der Waals surface area contributed by atoms with Gasteiger partial charge in [0.2, 0.25) is 5.88 Å². The molecule has 5 nitrogen and oxygen atoms in total. The first kappa shape index (κ1) is 24.4. The van der Waals surface area contributed by atoms with E-state index in [1.807, 2.05) is 44.2 Å². The van der Waals surface area contributed by atoms with Gasteiger partial charge in [-0.1, -0.05) is 73.2 Å². The largest absolute Gasteiger partial charge is 0.510 e. The molecule has 1 N–H and O–H groups in total. The van der Waals surface area contributed by atoms with Gasteiger partial charge in [0.15, 0.2) is 0 Å². The summed E-state index contributed by atoms with van der Waals surface area (Å²) in [5.74, 6) is 1.57. The third kappa shape index (κ3) is 4.08. The molecular formula is C32H23N2O3Pt-. The minimum Gasteiger partial charge on any atom is -0.510 e. The van der Waals surface area contributed by atoms with Crippen molar-refractivity contribution in [3.8, 4) is 28.5 Å². The van der Waals surface area contributed by atoms with Crippen molar-refractivity contribution in [2.45, 2.75) is 26.0 Å². The monoisotopic (exact) mass is 678 g/mol. The predicted octanol–water partition coefficient (Wildman–Crippen LogP) is 7.39. The smallest absolute Gasteiger partial charge is 0.217 e. The third-order valence-corrected chi connectivity index (χ3v) is 6.94. The molecule has 1 aromatic heterocycles. The van der Waals surface area contributed by atoms with Crippen LogP contribution in [0.5, 0.6) is 17.4 Å². The van der Waals surface area contributed by atoms with E-state index >= 15 is 0 Å². The number of aryl methyl sites for hydroxylation is 2. The van der Waals surface area contributed by atoms with Crippen molar-refractivity contribution >= 4 is 16.8 Å². The molecule has 0 amide bonds. The molecule has 0 radical (unpaired) electrons. The molecule has 1 aliphatic carbocycles. The van der Waals surface area contributed by atoms with Gasteiger partial charge in [-0.3, -0.25) is 4.99 Å². The van der Waals surface area contributed by atoms with Crippen molar-refractivity contribution in [2.24, 2.45) is 4.99 Å². The number of nitrogens with zero attached hydrogens (tertiary/aromatic N) is 2. The number of ether oxygens (including phenoxy) is 2. The fourth-order valence-corrected chi connectivity index (χ4v) is 5.36. The molecule has 0 spiro atoms. The molecule has 7 rings (SSSR count). The van der Waals surface area contributed by atoms with Crippen molar-refractivity contribution in [2.75, 3.05) is 0 Å². The van der Waals surface area contributed by atoms with Gasteiger partial charge in [-0.15, -0.1) is 11.6 Å². The maximum atomic E-state index is 10.4. The van der Waals surface area contributed by atoms with E-state index in [2.05, 4.69) is 53.5 Å². The Bertz CT molecular complexity index is 1750. The van der Waals surface area contributed by atoms with E-state index in [1.54, 1.807) is 12.1 Å². The quantitative estimate of drug-likeness (QED) is 0.202. The molecule has 5 aromatic rings. The summed E-state index contributed by atoms with van der Waals surface area (Å²) in [6.45, 7) is 3.94. The van der Waals surface area contributed by atoms with Crippen LogP contribution in [0.3, 0.4) is 0 Å². The first-order chi connectivity index (χ1) is 18.0. The van der Waals surface area contributed by atoms with Crippen LogP contribution in [0, 0.1) is 19.9 Å². The summed E-state index contributed by atoms with van der Waals surface area (Å²) in [5, 5.41) is 11.2. The van der Waals surface area contributed by atoms with Crippen LogP contribution in [0.2, 0.25) is 0 Å². The van der Waals surface area contributed by atoms with E-state index in [0.717, 1.165) is 27.6 Å². The second kappa shape index (κ2) is 9.41. The van der Waals surface area contributed by atoms with Crippen LogP contribution < -0.4 is 4.74 Å².